The van der Waals surface area contributed by atoms with Crippen LogP contribution >= 0.6 is 0 Å². The quantitative estimate of drug-likeness (QED) is 0.0373. The third kappa shape index (κ3) is 71.8. The van der Waals surface area contributed by atoms with Crippen molar-refractivity contribution < 1.29 is 24.2 Å². The van der Waals surface area contributed by atoms with Gasteiger partial charge in [-0.2, -0.15) is 0 Å². The van der Waals surface area contributed by atoms with Gasteiger partial charge in [-0.3, -0.25) is 9.59 Å². The van der Waals surface area contributed by atoms with E-state index in [1.807, 2.05) is 0 Å². The summed E-state index contributed by atoms with van der Waals surface area (Å²) in [4.78, 5) is 24.7. The second-order valence-electron chi connectivity index (χ2n) is 25.3. The van der Waals surface area contributed by atoms with Crippen LogP contribution in [0.4, 0.5) is 0 Å². The Labute approximate surface area is 524 Å². The Morgan fingerprint density at radius 3 is 0.786 bits per heavy atom. The summed E-state index contributed by atoms with van der Waals surface area (Å²) in [6.07, 6.45) is 104. The van der Waals surface area contributed by atoms with Crippen molar-refractivity contribution in [3.05, 3.63) is 72.9 Å². The molecule has 5 nitrogen and oxygen atoms in total. The van der Waals surface area contributed by atoms with Crippen LogP contribution in [0.15, 0.2) is 72.9 Å². The first-order valence-corrected chi connectivity index (χ1v) is 37.5. The Kier molecular flexibility index (Phi) is 72.2. The van der Waals surface area contributed by atoms with Crippen LogP contribution in [0.5, 0.6) is 0 Å². The third-order valence-electron chi connectivity index (χ3n) is 17.0. The monoisotopic (exact) mass is 1170 g/mol. The van der Waals surface area contributed by atoms with E-state index in [9.17, 15) is 14.7 Å². The van der Waals surface area contributed by atoms with Crippen LogP contribution in [-0.4, -0.2) is 36.4 Å². The predicted octanol–water partition coefficient (Wildman–Crippen LogP) is 26.2. The number of aliphatic hydroxyl groups is 1. The minimum Gasteiger partial charge on any atom is -0.462 e. The molecule has 490 valence electrons. The van der Waals surface area contributed by atoms with Crippen molar-refractivity contribution in [2.24, 2.45) is 0 Å². The van der Waals surface area contributed by atoms with Crippen LogP contribution in [-0.2, 0) is 19.1 Å². The average molecular weight is 1170 g/mol. The van der Waals surface area contributed by atoms with Crippen LogP contribution in [0.3, 0.4) is 0 Å². The lowest BCUT2D eigenvalue weighted by Gasteiger charge is -2.15. The Balaban J connectivity index is 3.38. The Morgan fingerprint density at radius 2 is 0.512 bits per heavy atom. The Bertz CT molecular complexity index is 1470. The summed E-state index contributed by atoms with van der Waals surface area (Å²) in [5, 5.41) is 9.71. The number of unbranched alkanes of at least 4 members (excludes halogenated alkanes) is 50. The van der Waals surface area contributed by atoms with E-state index in [4.69, 9.17) is 9.47 Å². The largest absolute Gasteiger partial charge is 0.462 e. The van der Waals surface area contributed by atoms with Crippen LogP contribution < -0.4 is 0 Å². The smallest absolute Gasteiger partial charge is 0.306 e. The molecule has 0 amide bonds. The van der Waals surface area contributed by atoms with Gasteiger partial charge in [-0.15, -0.1) is 0 Å². The van der Waals surface area contributed by atoms with Gasteiger partial charge < -0.3 is 14.6 Å². The summed E-state index contributed by atoms with van der Waals surface area (Å²) in [5.74, 6) is -0.574. The van der Waals surface area contributed by atoms with E-state index in [2.05, 4.69) is 86.8 Å². The van der Waals surface area contributed by atoms with Crippen molar-refractivity contribution in [3.63, 3.8) is 0 Å². The lowest BCUT2D eigenvalue weighted by Crippen LogP contribution is -2.28. The molecule has 0 bridgehead atoms. The molecule has 0 aromatic rings. The number of carbonyl (C=O) groups is 2. The number of carbonyl (C=O) groups excluding carboxylic acids is 2. The van der Waals surface area contributed by atoms with Crippen molar-refractivity contribution >= 4 is 11.9 Å². The SMILES string of the molecule is CC/C=C\C/C=C\C/C=C\C/C=C\C/C=C\CCCCCCCCCCCCCCCC(=O)OC(CO)COC(=O)CCCCCCCCCCCCCCCCCCCCCCCCCCCCCCC/C=C\CCCCCCCCCC. The van der Waals surface area contributed by atoms with Crippen molar-refractivity contribution in [3.8, 4) is 0 Å². The average Bonchev–Trinajstić information content (AvgIpc) is 3.51. The summed E-state index contributed by atoms with van der Waals surface area (Å²) in [7, 11) is 0. The van der Waals surface area contributed by atoms with E-state index < -0.39 is 6.10 Å². The van der Waals surface area contributed by atoms with E-state index in [1.54, 1.807) is 0 Å². The molecule has 0 heterocycles. The molecule has 1 atom stereocenters. The minimum atomic E-state index is -0.775. The fourth-order valence-electron chi connectivity index (χ4n) is 11.4. The van der Waals surface area contributed by atoms with Crippen molar-refractivity contribution in [2.75, 3.05) is 13.2 Å². The van der Waals surface area contributed by atoms with Gasteiger partial charge in [-0.25, -0.2) is 0 Å². The zero-order valence-electron chi connectivity index (χ0n) is 56.4. The van der Waals surface area contributed by atoms with E-state index in [1.165, 1.54) is 302 Å². The van der Waals surface area contributed by atoms with E-state index in [0.29, 0.717) is 12.8 Å². The summed E-state index contributed by atoms with van der Waals surface area (Å²) in [5.41, 5.74) is 0. The van der Waals surface area contributed by atoms with Crippen LogP contribution in [0.2, 0.25) is 0 Å². The number of hydrogen-bond donors (Lipinski definition) is 1. The Morgan fingerprint density at radius 1 is 0.286 bits per heavy atom. The van der Waals surface area contributed by atoms with E-state index >= 15 is 0 Å². The molecule has 1 unspecified atom stereocenters. The van der Waals surface area contributed by atoms with Gasteiger partial charge in [0.05, 0.1) is 6.61 Å². The topological polar surface area (TPSA) is 72.8 Å². The summed E-state index contributed by atoms with van der Waals surface area (Å²) < 4.78 is 10.8. The molecule has 0 saturated carbocycles. The molecule has 0 rings (SSSR count). The molecule has 0 aliphatic carbocycles. The van der Waals surface area contributed by atoms with E-state index in [0.717, 1.165) is 70.6 Å². The predicted molar refractivity (Wildman–Crippen MR) is 371 cm³/mol. The maximum Gasteiger partial charge on any atom is 0.306 e. The first-order valence-electron chi connectivity index (χ1n) is 37.5. The highest BCUT2D eigenvalue weighted by Crippen LogP contribution is 2.19. The zero-order valence-corrected chi connectivity index (χ0v) is 56.4. The molecule has 0 saturated heterocycles. The molecule has 84 heavy (non-hydrogen) atoms. The van der Waals surface area contributed by atoms with Crippen molar-refractivity contribution in [2.45, 2.75) is 405 Å². The normalized spacial score (nSPS) is 12.6. The molecule has 0 radical (unpaired) electrons. The molecular formula is C79H144O5. The molecule has 5 heteroatoms. The molecule has 0 aliphatic heterocycles. The highest BCUT2D eigenvalue weighted by Gasteiger charge is 2.16. The second kappa shape index (κ2) is 74.6. The summed E-state index contributed by atoms with van der Waals surface area (Å²) in [6.45, 7) is 4.08. The van der Waals surface area contributed by atoms with Crippen molar-refractivity contribution in [1.82, 2.24) is 0 Å². The number of ether oxygens (including phenoxy) is 2. The fourth-order valence-corrected chi connectivity index (χ4v) is 11.4. The van der Waals surface area contributed by atoms with Gasteiger partial charge in [0.1, 0.15) is 6.61 Å². The zero-order chi connectivity index (χ0) is 60.5. The minimum absolute atomic E-state index is 0.0636. The van der Waals surface area contributed by atoms with Gasteiger partial charge in [0.25, 0.3) is 0 Å². The number of rotatable bonds is 70. The lowest BCUT2D eigenvalue weighted by molar-refractivity contribution is -0.161. The van der Waals surface area contributed by atoms with Gasteiger partial charge in [0.15, 0.2) is 6.10 Å². The van der Waals surface area contributed by atoms with Crippen LogP contribution in [0.1, 0.15) is 399 Å². The lowest BCUT2D eigenvalue weighted by atomic mass is 10.0. The van der Waals surface area contributed by atoms with E-state index in [-0.39, 0.29) is 25.2 Å². The highest BCUT2D eigenvalue weighted by molar-refractivity contribution is 5.70. The molecule has 0 spiro atoms. The number of aliphatic hydroxyl groups excluding tert-OH is 1. The number of hydrogen-bond acceptors (Lipinski definition) is 5. The third-order valence-corrected chi connectivity index (χ3v) is 17.0. The second-order valence-corrected chi connectivity index (χ2v) is 25.3. The Hall–Kier alpha value is -2.66. The highest BCUT2D eigenvalue weighted by atomic mass is 16.6. The molecule has 0 fully saturated rings. The van der Waals surface area contributed by atoms with Crippen LogP contribution in [0, 0.1) is 0 Å². The van der Waals surface area contributed by atoms with Gasteiger partial charge in [-0.05, 0) is 83.5 Å². The maximum atomic E-state index is 12.4. The molecule has 1 N–H and O–H groups in total. The summed E-state index contributed by atoms with van der Waals surface area (Å²) >= 11 is 0. The first-order chi connectivity index (χ1) is 41.6. The molecular weight excluding hydrogens is 1030 g/mol. The first kappa shape index (κ1) is 81.3. The maximum absolute atomic E-state index is 12.4. The molecule has 0 aromatic carbocycles. The van der Waals surface area contributed by atoms with Crippen molar-refractivity contribution in [1.29, 1.82) is 0 Å². The van der Waals surface area contributed by atoms with Gasteiger partial charge in [0.2, 0.25) is 0 Å². The fraction of sp³-hybridized carbons (Fsp3) is 0.823. The van der Waals surface area contributed by atoms with Crippen LogP contribution in [0.25, 0.3) is 0 Å². The number of esters is 2. The number of allylic oxidation sites excluding steroid dienone is 12. The van der Waals surface area contributed by atoms with Gasteiger partial charge >= 0.3 is 11.9 Å². The standard InChI is InChI=1S/C79H144O5/c1-3-5-7-9-11-13-15-17-19-21-23-25-27-29-31-33-34-35-36-37-38-39-40-41-42-43-44-46-47-49-51-53-55-57-59-61-63-65-67-69-71-73-78(81)83-76-77(75-80)84-79(82)74-72-70-68-66-64-62-60-58-56-54-52-50-48-45-32-30-28-26-24-22-20-18-16-14-12-10-8-6-4-2/h6,8,12,14,18,20-21,23-24,26,30,32,77,80H,3-5,7,9-11,13,15-17,19,22,25,27-29,31,33-76H2,1-2H3/b8-6-,14-12-,20-18-,23-21-,26-24-,32-30-. The summed E-state index contributed by atoms with van der Waals surface area (Å²) in [6, 6.07) is 0. The van der Waals surface area contributed by atoms with Gasteiger partial charge in [0, 0.05) is 12.8 Å². The molecule has 0 aromatic heterocycles. The molecule has 0 aliphatic rings. The van der Waals surface area contributed by atoms with Gasteiger partial charge in [-0.1, -0.05) is 376 Å².